The Hall–Kier alpha value is -3.42. The fourth-order valence-electron chi connectivity index (χ4n) is 3.36. The fraction of sp³-hybridized carbons (Fsp3) is 0.190. The van der Waals surface area contributed by atoms with Crippen LogP contribution in [0.3, 0.4) is 0 Å². The van der Waals surface area contributed by atoms with E-state index in [0.29, 0.717) is 23.7 Å². The van der Waals surface area contributed by atoms with Gasteiger partial charge in [-0.1, -0.05) is 54.6 Å². The lowest BCUT2D eigenvalue weighted by Crippen LogP contribution is -2.08. The zero-order valence-electron chi connectivity index (χ0n) is 16.9. The van der Waals surface area contributed by atoms with Gasteiger partial charge in [-0.05, 0) is 16.7 Å². The minimum Gasteiger partial charge on any atom is -0.480 e. The first-order valence-electron chi connectivity index (χ1n) is 9.66. The molecule has 10 heteroatoms. The molecule has 0 aliphatic carbocycles. The molecule has 2 aromatic carbocycles. The summed E-state index contributed by atoms with van der Waals surface area (Å²) in [6.45, 7) is 2.12. The third-order valence-corrected chi connectivity index (χ3v) is 5.65. The molecule has 0 aliphatic heterocycles. The van der Waals surface area contributed by atoms with Crippen molar-refractivity contribution in [2.75, 3.05) is 17.7 Å². The van der Waals surface area contributed by atoms with Gasteiger partial charge in [0.05, 0.1) is 6.54 Å². The number of hydrogen-bond acceptors (Lipinski definition) is 7. The Balaban J connectivity index is 1.63. The predicted molar refractivity (Wildman–Crippen MR) is 120 cm³/mol. The highest BCUT2D eigenvalue weighted by Gasteiger charge is 2.17. The molecule has 0 amide bonds. The van der Waals surface area contributed by atoms with Crippen LogP contribution in [0.25, 0.3) is 11.2 Å². The summed E-state index contributed by atoms with van der Waals surface area (Å²) in [5.74, 6) is 0.492. The molecule has 31 heavy (non-hydrogen) atoms. The van der Waals surface area contributed by atoms with Crippen molar-refractivity contribution in [1.29, 1.82) is 0 Å². The highest BCUT2D eigenvalue weighted by atomic mass is 31.2. The Morgan fingerprint density at radius 3 is 2.48 bits per heavy atom. The molecule has 9 nitrogen and oxygen atoms in total. The molecule has 4 aromatic rings. The monoisotopic (exact) mass is 438 g/mol. The Bertz CT molecular complexity index is 1270. The minimum absolute atomic E-state index is 0.0835. The summed E-state index contributed by atoms with van der Waals surface area (Å²) in [6, 6.07) is 16.9. The number of nitrogens with zero attached hydrogens (tertiary/aromatic N) is 4. The molecule has 0 radical (unpaired) electrons. The third-order valence-electron chi connectivity index (χ3n) is 4.70. The Labute approximate surface area is 179 Å². The number of anilines is 2. The number of fused-ring (bicyclic) bond motifs is 1. The lowest BCUT2D eigenvalue weighted by atomic mass is 10.1. The molecule has 1 atom stereocenters. The summed E-state index contributed by atoms with van der Waals surface area (Å²) in [6.07, 6.45) is 0.0835. The largest absolute Gasteiger partial charge is 0.480 e. The zero-order valence-corrected chi connectivity index (χ0v) is 17.8. The van der Waals surface area contributed by atoms with Gasteiger partial charge in [-0.2, -0.15) is 15.0 Å². The first kappa shape index (κ1) is 20.8. The Morgan fingerprint density at radius 2 is 1.74 bits per heavy atom. The molecule has 0 bridgehead atoms. The maximum Gasteiger partial charge on any atom is 0.296 e. The van der Waals surface area contributed by atoms with Crippen LogP contribution in [0, 0.1) is 0 Å². The summed E-state index contributed by atoms with van der Waals surface area (Å²) in [5.41, 5.74) is 9.41. The third kappa shape index (κ3) is 5.02. The van der Waals surface area contributed by atoms with E-state index in [1.54, 1.807) is 6.07 Å². The maximum atomic E-state index is 11.7. The van der Waals surface area contributed by atoms with E-state index in [1.165, 1.54) is 11.2 Å². The van der Waals surface area contributed by atoms with Crippen molar-refractivity contribution in [3.05, 3.63) is 71.3 Å². The number of benzene rings is 2. The maximum absolute atomic E-state index is 11.7. The standard InChI is InChI=1S/C21H23N6O3P/c1-31(29,30)13-16-9-5-8-15(10-16)12-27-19-17(24-21(27)28)18(22)25-20(26-19)23-11-14-6-3-2-4-7-14/h2-10H,11-13H2,1H3,(H,24,28)(H,29,30)(H3,22,23,25,26). The van der Waals surface area contributed by atoms with E-state index in [0.717, 1.165) is 16.7 Å². The fourth-order valence-corrected chi connectivity index (χ4v) is 4.23. The number of nitrogens with one attached hydrogen (secondary N) is 1. The van der Waals surface area contributed by atoms with E-state index in [4.69, 9.17) is 5.73 Å². The molecule has 0 spiro atoms. The van der Waals surface area contributed by atoms with Crippen molar-refractivity contribution in [2.24, 2.45) is 0 Å². The summed E-state index contributed by atoms with van der Waals surface area (Å²) in [4.78, 5) is 22.5. The first-order chi connectivity index (χ1) is 14.8. The Morgan fingerprint density at radius 1 is 1.03 bits per heavy atom. The van der Waals surface area contributed by atoms with Gasteiger partial charge in [-0.15, -0.1) is 0 Å². The van der Waals surface area contributed by atoms with E-state index < -0.39 is 7.37 Å². The van der Waals surface area contributed by atoms with Crippen molar-refractivity contribution < 1.29 is 14.6 Å². The first-order valence-corrected chi connectivity index (χ1v) is 12.0. The summed E-state index contributed by atoms with van der Waals surface area (Å²) in [7, 11) is -3.19. The van der Waals surface area contributed by atoms with Crippen LogP contribution in [0.4, 0.5) is 11.8 Å². The highest BCUT2D eigenvalue weighted by Crippen LogP contribution is 2.39. The molecule has 4 rings (SSSR count). The molecule has 0 saturated heterocycles. The second-order valence-electron chi connectivity index (χ2n) is 7.47. The number of aromatic hydroxyl groups is 1. The van der Waals surface area contributed by atoms with Crippen LogP contribution in [0.15, 0.2) is 54.6 Å². The molecule has 0 fully saturated rings. The second-order valence-corrected chi connectivity index (χ2v) is 9.89. The smallest absolute Gasteiger partial charge is 0.296 e. The lowest BCUT2D eigenvalue weighted by molar-refractivity contribution is 0.408. The van der Waals surface area contributed by atoms with Crippen LogP contribution in [0.5, 0.6) is 6.01 Å². The molecule has 0 aliphatic rings. The lowest BCUT2D eigenvalue weighted by Gasteiger charge is -2.10. The molecular formula is C21H23N6O3P. The molecule has 1 unspecified atom stereocenters. The summed E-state index contributed by atoms with van der Waals surface area (Å²) >= 11 is 0. The highest BCUT2D eigenvalue weighted by molar-refractivity contribution is 7.56. The molecule has 0 saturated carbocycles. The zero-order chi connectivity index (χ0) is 22.0. The number of nitrogens with two attached hydrogens (primary N) is 1. The van der Waals surface area contributed by atoms with Gasteiger partial charge >= 0.3 is 0 Å². The number of hydrogen-bond donors (Lipinski definition) is 4. The van der Waals surface area contributed by atoms with Gasteiger partial charge < -0.3 is 21.1 Å². The van der Waals surface area contributed by atoms with Gasteiger partial charge in [-0.25, -0.2) is 0 Å². The molecular weight excluding hydrogens is 415 g/mol. The van der Waals surface area contributed by atoms with Crippen LogP contribution in [-0.2, 0) is 23.8 Å². The SMILES string of the molecule is CP(=O)(O)Cc1cccc(Cn2c(O)nc3c(N)nc(NCc4ccccc4)nc32)c1. The quantitative estimate of drug-likeness (QED) is 0.323. The van der Waals surface area contributed by atoms with Crippen molar-refractivity contribution in [1.82, 2.24) is 19.5 Å². The summed E-state index contributed by atoms with van der Waals surface area (Å²) in [5, 5.41) is 13.5. The van der Waals surface area contributed by atoms with E-state index >= 15 is 0 Å². The van der Waals surface area contributed by atoms with Gasteiger partial charge in [0.1, 0.15) is 0 Å². The number of nitrogen functional groups attached to an aromatic ring is 1. The number of aromatic nitrogens is 4. The number of rotatable bonds is 7. The van der Waals surface area contributed by atoms with E-state index in [-0.39, 0.29) is 24.5 Å². The minimum atomic E-state index is -3.19. The summed E-state index contributed by atoms with van der Waals surface area (Å²) < 4.78 is 13.3. The number of imidazole rings is 1. The second kappa shape index (κ2) is 8.37. The van der Waals surface area contributed by atoms with Crippen LogP contribution >= 0.6 is 7.37 Å². The van der Waals surface area contributed by atoms with Crippen molar-refractivity contribution >= 4 is 30.3 Å². The van der Waals surface area contributed by atoms with Crippen molar-refractivity contribution in [3.63, 3.8) is 0 Å². The Kier molecular flexibility index (Phi) is 5.63. The van der Waals surface area contributed by atoms with Crippen LogP contribution in [0.2, 0.25) is 0 Å². The molecule has 2 aromatic heterocycles. The van der Waals surface area contributed by atoms with Crippen LogP contribution < -0.4 is 11.1 Å². The van der Waals surface area contributed by atoms with Gasteiger partial charge in [0.25, 0.3) is 6.01 Å². The van der Waals surface area contributed by atoms with Gasteiger partial charge in [0.15, 0.2) is 17.0 Å². The van der Waals surface area contributed by atoms with E-state index in [1.807, 2.05) is 48.5 Å². The van der Waals surface area contributed by atoms with E-state index in [9.17, 15) is 14.6 Å². The average molecular weight is 438 g/mol. The topological polar surface area (TPSA) is 139 Å². The van der Waals surface area contributed by atoms with Gasteiger partial charge in [0, 0.05) is 19.4 Å². The molecule has 160 valence electrons. The van der Waals surface area contributed by atoms with Crippen LogP contribution in [0.1, 0.15) is 16.7 Å². The molecule has 2 heterocycles. The van der Waals surface area contributed by atoms with Crippen molar-refractivity contribution in [2.45, 2.75) is 19.3 Å². The normalized spacial score (nSPS) is 13.2. The molecule has 5 N–H and O–H groups in total. The average Bonchev–Trinajstić information content (AvgIpc) is 3.02. The van der Waals surface area contributed by atoms with Gasteiger partial charge in [-0.3, -0.25) is 9.13 Å². The van der Waals surface area contributed by atoms with Crippen molar-refractivity contribution in [3.8, 4) is 6.01 Å². The van der Waals surface area contributed by atoms with Gasteiger partial charge in [0.2, 0.25) is 13.3 Å². The predicted octanol–water partition coefficient (Wildman–Crippen LogP) is 3.17. The van der Waals surface area contributed by atoms with Crippen LogP contribution in [-0.4, -0.2) is 36.2 Å². The van der Waals surface area contributed by atoms with E-state index in [2.05, 4.69) is 20.3 Å².